The van der Waals surface area contributed by atoms with Gasteiger partial charge in [0.25, 0.3) is 0 Å². The van der Waals surface area contributed by atoms with Crippen molar-refractivity contribution in [3.63, 3.8) is 0 Å². The number of hydrogen-bond donors (Lipinski definition) is 1. The molecule has 1 aliphatic rings. The average Bonchev–Trinajstić information content (AvgIpc) is 2.36. The Morgan fingerprint density at radius 1 is 1.35 bits per heavy atom. The number of carbonyl (C=O) groups excluding carboxylic acids is 2. The molecule has 1 N–H and O–H groups in total. The van der Waals surface area contributed by atoms with E-state index in [4.69, 9.17) is 4.74 Å². The van der Waals surface area contributed by atoms with E-state index in [9.17, 15) is 9.59 Å². The molecule has 98 valence electrons. The van der Waals surface area contributed by atoms with Crippen LogP contribution in [0.1, 0.15) is 26.7 Å². The van der Waals surface area contributed by atoms with Gasteiger partial charge in [0, 0.05) is 19.8 Å². The zero-order chi connectivity index (χ0) is 12.9. The third-order valence-corrected chi connectivity index (χ3v) is 3.40. The van der Waals surface area contributed by atoms with Gasteiger partial charge in [0.1, 0.15) is 0 Å². The Morgan fingerprint density at radius 3 is 2.47 bits per heavy atom. The molecular formula is C12H21NO4. The minimum absolute atomic E-state index is 0.0343. The van der Waals surface area contributed by atoms with Crippen molar-refractivity contribution in [2.45, 2.75) is 26.7 Å². The number of ether oxygens (including phenoxy) is 2. The van der Waals surface area contributed by atoms with Crippen molar-refractivity contribution in [1.29, 1.82) is 0 Å². The lowest BCUT2D eigenvalue weighted by atomic mass is 9.74. The lowest BCUT2D eigenvalue weighted by Crippen LogP contribution is -2.43. The molecule has 0 aromatic heterocycles. The van der Waals surface area contributed by atoms with Gasteiger partial charge in [-0.3, -0.25) is 4.79 Å². The van der Waals surface area contributed by atoms with Crippen LogP contribution in [0.4, 0.5) is 0 Å². The summed E-state index contributed by atoms with van der Waals surface area (Å²) in [6, 6.07) is 0. The summed E-state index contributed by atoms with van der Waals surface area (Å²) < 4.78 is 9.67. The summed E-state index contributed by atoms with van der Waals surface area (Å²) in [5, 5.41) is 2.62. The fourth-order valence-corrected chi connectivity index (χ4v) is 2.10. The third-order valence-electron chi connectivity index (χ3n) is 3.40. The molecule has 0 aromatic carbocycles. The normalized spacial score (nSPS) is 17.6. The first-order valence-corrected chi connectivity index (χ1v) is 5.91. The van der Waals surface area contributed by atoms with Crippen molar-refractivity contribution in [1.82, 2.24) is 5.32 Å². The molecule has 0 spiro atoms. The number of methoxy groups -OCH3 is 1. The SMILES string of the molecule is COC(=O)C(=O)NCC(C)(C)C1CCOCC1. The Labute approximate surface area is 102 Å². The summed E-state index contributed by atoms with van der Waals surface area (Å²) in [6.45, 7) is 6.23. The van der Waals surface area contributed by atoms with Gasteiger partial charge in [-0.25, -0.2) is 4.79 Å². The molecule has 1 rings (SSSR count). The van der Waals surface area contributed by atoms with Crippen LogP contribution in [0.15, 0.2) is 0 Å². The molecule has 0 radical (unpaired) electrons. The van der Waals surface area contributed by atoms with Gasteiger partial charge in [-0.15, -0.1) is 0 Å². The number of amides is 1. The van der Waals surface area contributed by atoms with Crippen LogP contribution in [0, 0.1) is 11.3 Å². The van der Waals surface area contributed by atoms with Gasteiger partial charge in [0.2, 0.25) is 0 Å². The quantitative estimate of drug-likeness (QED) is 0.586. The maximum Gasteiger partial charge on any atom is 0.396 e. The van der Waals surface area contributed by atoms with Crippen molar-refractivity contribution in [2.24, 2.45) is 11.3 Å². The maximum atomic E-state index is 11.3. The molecule has 5 nitrogen and oxygen atoms in total. The van der Waals surface area contributed by atoms with Crippen LogP contribution in [-0.4, -0.2) is 38.7 Å². The molecule has 0 unspecified atom stereocenters. The molecule has 1 fully saturated rings. The molecule has 0 aliphatic carbocycles. The molecular weight excluding hydrogens is 222 g/mol. The fourth-order valence-electron chi connectivity index (χ4n) is 2.10. The van der Waals surface area contributed by atoms with E-state index in [1.54, 1.807) is 0 Å². The molecule has 1 heterocycles. The summed E-state index contributed by atoms with van der Waals surface area (Å²) in [6.07, 6.45) is 2.00. The van der Waals surface area contributed by atoms with Crippen LogP contribution in [0.25, 0.3) is 0 Å². The number of carbonyl (C=O) groups is 2. The highest BCUT2D eigenvalue weighted by Gasteiger charge is 2.31. The van der Waals surface area contributed by atoms with Crippen LogP contribution in [0.5, 0.6) is 0 Å². The van der Waals surface area contributed by atoms with Crippen LogP contribution in [0.2, 0.25) is 0 Å². The summed E-state index contributed by atoms with van der Waals surface area (Å²) >= 11 is 0. The lowest BCUT2D eigenvalue weighted by molar-refractivity contribution is -0.153. The fraction of sp³-hybridized carbons (Fsp3) is 0.833. The van der Waals surface area contributed by atoms with Crippen molar-refractivity contribution in [3.8, 4) is 0 Å². The number of esters is 1. The average molecular weight is 243 g/mol. The lowest BCUT2D eigenvalue weighted by Gasteiger charge is -2.36. The second kappa shape index (κ2) is 6.00. The predicted molar refractivity (Wildman–Crippen MR) is 62.3 cm³/mol. The van der Waals surface area contributed by atoms with E-state index in [0.29, 0.717) is 12.5 Å². The van der Waals surface area contributed by atoms with Crippen LogP contribution < -0.4 is 5.32 Å². The summed E-state index contributed by atoms with van der Waals surface area (Å²) in [5.41, 5.74) is -0.0343. The highest BCUT2D eigenvalue weighted by Crippen LogP contribution is 2.33. The van der Waals surface area contributed by atoms with Crippen molar-refractivity contribution >= 4 is 11.9 Å². The molecule has 5 heteroatoms. The Morgan fingerprint density at radius 2 is 1.94 bits per heavy atom. The molecule has 0 bridgehead atoms. The highest BCUT2D eigenvalue weighted by atomic mass is 16.5. The Balaban J connectivity index is 2.42. The first kappa shape index (κ1) is 14.0. The van der Waals surface area contributed by atoms with Gasteiger partial charge in [-0.1, -0.05) is 13.8 Å². The Kier molecular flexibility index (Phi) is 4.93. The topological polar surface area (TPSA) is 64.6 Å². The standard InChI is InChI=1S/C12H21NO4/c1-12(2,9-4-6-17-7-5-9)8-13-10(14)11(15)16-3/h9H,4-8H2,1-3H3,(H,13,14). The van der Waals surface area contributed by atoms with E-state index >= 15 is 0 Å². The van der Waals surface area contributed by atoms with E-state index in [-0.39, 0.29) is 5.41 Å². The second-order valence-electron chi connectivity index (χ2n) is 5.05. The zero-order valence-corrected chi connectivity index (χ0v) is 10.7. The Hall–Kier alpha value is -1.10. The van der Waals surface area contributed by atoms with E-state index in [1.165, 1.54) is 7.11 Å². The molecule has 1 saturated heterocycles. The first-order valence-electron chi connectivity index (χ1n) is 5.91. The molecule has 0 atom stereocenters. The van der Waals surface area contributed by atoms with Crippen molar-refractivity contribution in [2.75, 3.05) is 26.9 Å². The minimum atomic E-state index is -0.840. The zero-order valence-electron chi connectivity index (χ0n) is 10.7. The largest absolute Gasteiger partial charge is 0.462 e. The molecule has 1 aliphatic heterocycles. The summed E-state index contributed by atoms with van der Waals surface area (Å²) in [7, 11) is 1.20. The Bertz CT molecular complexity index is 282. The number of nitrogens with one attached hydrogen (secondary N) is 1. The first-order chi connectivity index (χ1) is 7.97. The molecule has 17 heavy (non-hydrogen) atoms. The third kappa shape index (κ3) is 4.00. The van der Waals surface area contributed by atoms with Crippen molar-refractivity contribution < 1.29 is 19.1 Å². The van der Waals surface area contributed by atoms with E-state index in [2.05, 4.69) is 23.9 Å². The van der Waals surface area contributed by atoms with Gasteiger partial charge in [0.05, 0.1) is 7.11 Å². The highest BCUT2D eigenvalue weighted by molar-refractivity contribution is 6.32. The van der Waals surface area contributed by atoms with Crippen LogP contribution in [0.3, 0.4) is 0 Å². The second-order valence-corrected chi connectivity index (χ2v) is 5.05. The van der Waals surface area contributed by atoms with E-state index < -0.39 is 11.9 Å². The summed E-state index contributed by atoms with van der Waals surface area (Å²) in [5.74, 6) is -1.00. The van der Waals surface area contributed by atoms with E-state index in [0.717, 1.165) is 26.1 Å². The maximum absolute atomic E-state index is 11.3. The monoisotopic (exact) mass is 243 g/mol. The van der Waals surface area contributed by atoms with Crippen molar-refractivity contribution in [3.05, 3.63) is 0 Å². The van der Waals surface area contributed by atoms with Crippen LogP contribution >= 0.6 is 0 Å². The van der Waals surface area contributed by atoms with Gasteiger partial charge in [0.15, 0.2) is 0 Å². The molecule has 0 aromatic rings. The van der Waals surface area contributed by atoms with Gasteiger partial charge >= 0.3 is 11.9 Å². The van der Waals surface area contributed by atoms with Gasteiger partial charge < -0.3 is 14.8 Å². The predicted octanol–water partition coefficient (Wildman–Crippen LogP) is 0.728. The summed E-state index contributed by atoms with van der Waals surface area (Å²) in [4.78, 5) is 22.2. The number of hydrogen-bond acceptors (Lipinski definition) is 4. The molecule has 1 amide bonds. The van der Waals surface area contributed by atoms with E-state index in [1.807, 2.05) is 0 Å². The van der Waals surface area contributed by atoms with Gasteiger partial charge in [-0.05, 0) is 24.2 Å². The van der Waals surface area contributed by atoms with Gasteiger partial charge in [-0.2, -0.15) is 0 Å². The van der Waals surface area contributed by atoms with Crippen LogP contribution in [-0.2, 0) is 19.1 Å². The smallest absolute Gasteiger partial charge is 0.396 e. The number of rotatable bonds is 3. The molecule has 0 saturated carbocycles. The minimum Gasteiger partial charge on any atom is -0.462 e.